The highest BCUT2D eigenvalue weighted by atomic mass is 16.3. The summed E-state index contributed by atoms with van der Waals surface area (Å²) in [5.74, 6) is 0.0257. The molecule has 1 heterocycles. The number of hydrogen-bond donors (Lipinski definition) is 3. The molecule has 0 aliphatic heterocycles. The van der Waals surface area contributed by atoms with Crippen molar-refractivity contribution in [2.45, 2.75) is 38.0 Å². The average molecular weight is 326 g/mol. The van der Waals surface area contributed by atoms with Crippen LogP contribution < -0.4 is 5.32 Å². The van der Waals surface area contributed by atoms with Crippen LogP contribution in [0.1, 0.15) is 34.5 Å². The molecular formula is C19H22N2O3. The van der Waals surface area contributed by atoms with E-state index in [9.17, 15) is 15.0 Å². The lowest BCUT2D eigenvalue weighted by molar-refractivity contribution is 0.0239. The molecule has 1 atom stereocenters. The van der Waals surface area contributed by atoms with Gasteiger partial charge in [-0.15, -0.1) is 0 Å². The molecule has 1 aromatic carbocycles. The summed E-state index contributed by atoms with van der Waals surface area (Å²) in [7, 11) is 0. The molecule has 0 spiro atoms. The summed E-state index contributed by atoms with van der Waals surface area (Å²) in [5.41, 5.74) is 2.12. The summed E-state index contributed by atoms with van der Waals surface area (Å²) in [6.45, 7) is -0.120. The number of carbonyl (C=O) groups excluding carboxylic acids is 1. The third-order valence-corrected chi connectivity index (χ3v) is 4.57. The van der Waals surface area contributed by atoms with Crippen molar-refractivity contribution in [2.24, 2.45) is 5.92 Å². The van der Waals surface area contributed by atoms with Crippen molar-refractivity contribution in [2.75, 3.05) is 0 Å². The van der Waals surface area contributed by atoms with Gasteiger partial charge < -0.3 is 15.5 Å². The summed E-state index contributed by atoms with van der Waals surface area (Å²) >= 11 is 0. The van der Waals surface area contributed by atoms with Gasteiger partial charge >= 0.3 is 0 Å². The Hall–Kier alpha value is -2.24. The zero-order chi connectivity index (χ0) is 16.9. The van der Waals surface area contributed by atoms with Crippen LogP contribution in [0.2, 0.25) is 0 Å². The van der Waals surface area contributed by atoms with E-state index in [-0.39, 0.29) is 30.6 Å². The molecule has 3 rings (SSSR count). The third kappa shape index (κ3) is 3.99. The second kappa shape index (κ2) is 7.55. The second-order valence-corrected chi connectivity index (χ2v) is 6.36. The molecule has 1 fully saturated rings. The van der Waals surface area contributed by atoms with Crippen molar-refractivity contribution in [3.63, 3.8) is 0 Å². The molecule has 126 valence electrons. The molecule has 0 saturated heterocycles. The topological polar surface area (TPSA) is 82.5 Å². The van der Waals surface area contributed by atoms with Crippen LogP contribution in [0, 0.1) is 5.92 Å². The van der Waals surface area contributed by atoms with Gasteiger partial charge in [-0.1, -0.05) is 30.3 Å². The van der Waals surface area contributed by atoms with Crippen LogP contribution in [0.5, 0.6) is 0 Å². The zero-order valence-electron chi connectivity index (χ0n) is 13.4. The average Bonchev–Trinajstić information content (AvgIpc) is 2.59. The SMILES string of the molecule is O=C(NC(Cc1ccccc1)C1CC(O)C1)c1cc(CO)ccn1. The van der Waals surface area contributed by atoms with E-state index >= 15 is 0 Å². The Morgan fingerprint density at radius 2 is 1.96 bits per heavy atom. The maximum atomic E-state index is 12.5. The van der Waals surface area contributed by atoms with Gasteiger partial charge in [0.15, 0.2) is 0 Å². The van der Waals surface area contributed by atoms with Gasteiger partial charge in [0.2, 0.25) is 0 Å². The van der Waals surface area contributed by atoms with Crippen LogP contribution in [0.4, 0.5) is 0 Å². The first kappa shape index (κ1) is 16.6. The van der Waals surface area contributed by atoms with E-state index in [0.29, 0.717) is 24.1 Å². The lowest BCUT2D eigenvalue weighted by Gasteiger charge is -2.38. The summed E-state index contributed by atoms with van der Waals surface area (Å²) in [5, 5.41) is 21.9. The standard InChI is InChI=1S/C19H22N2O3/c22-12-14-6-7-20-18(9-14)19(24)21-17(15-10-16(23)11-15)8-13-4-2-1-3-5-13/h1-7,9,15-17,22-23H,8,10-12H2,(H,21,24). The zero-order valence-corrected chi connectivity index (χ0v) is 13.4. The predicted molar refractivity (Wildman–Crippen MR) is 90.3 cm³/mol. The minimum absolute atomic E-state index is 0.0390. The Balaban J connectivity index is 1.72. The van der Waals surface area contributed by atoms with Crippen molar-refractivity contribution in [3.8, 4) is 0 Å². The lowest BCUT2D eigenvalue weighted by Crippen LogP contribution is -2.48. The van der Waals surface area contributed by atoms with Crippen LogP contribution in [-0.4, -0.2) is 33.3 Å². The molecule has 2 aromatic rings. The summed E-state index contributed by atoms with van der Waals surface area (Å²) in [6.07, 6.45) is 3.41. The number of nitrogens with zero attached hydrogens (tertiary/aromatic N) is 1. The molecule has 3 N–H and O–H groups in total. The minimum atomic E-state index is -0.263. The van der Waals surface area contributed by atoms with Gasteiger partial charge in [0.1, 0.15) is 5.69 Å². The number of carbonyl (C=O) groups is 1. The van der Waals surface area contributed by atoms with E-state index in [2.05, 4.69) is 10.3 Å². The number of benzene rings is 1. The van der Waals surface area contributed by atoms with E-state index in [4.69, 9.17) is 0 Å². The molecule has 1 aliphatic carbocycles. The Morgan fingerprint density at radius 3 is 2.62 bits per heavy atom. The van der Waals surface area contributed by atoms with E-state index in [0.717, 1.165) is 12.0 Å². The maximum absolute atomic E-state index is 12.5. The fraction of sp³-hybridized carbons (Fsp3) is 0.368. The highest BCUT2D eigenvalue weighted by Gasteiger charge is 2.35. The first-order valence-electron chi connectivity index (χ1n) is 8.24. The summed E-state index contributed by atoms with van der Waals surface area (Å²) in [4.78, 5) is 16.6. The van der Waals surface area contributed by atoms with Crippen LogP contribution in [0.15, 0.2) is 48.7 Å². The van der Waals surface area contributed by atoms with Crippen molar-refractivity contribution in [1.82, 2.24) is 10.3 Å². The Kier molecular flexibility index (Phi) is 5.23. The highest BCUT2D eigenvalue weighted by molar-refractivity contribution is 5.92. The van der Waals surface area contributed by atoms with Crippen molar-refractivity contribution < 1.29 is 15.0 Å². The fourth-order valence-corrected chi connectivity index (χ4v) is 3.10. The largest absolute Gasteiger partial charge is 0.393 e. The number of nitrogens with one attached hydrogen (secondary N) is 1. The van der Waals surface area contributed by atoms with Crippen molar-refractivity contribution in [1.29, 1.82) is 0 Å². The molecule has 1 amide bonds. The molecule has 5 nitrogen and oxygen atoms in total. The molecule has 1 aliphatic rings. The van der Waals surface area contributed by atoms with E-state index < -0.39 is 0 Å². The predicted octanol–water partition coefficient (Wildman–Crippen LogP) is 1.69. The van der Waals surface area contributed by atoms with Gasteiger partial charge in [0.25, 0.3) is 5.91 Å². The first-order chi connectivity index (χ1) is 11.7. The Morgan fingerprint density at radius 1 is 1.21 bits per heavy atom. The van der Waals surface area contributed by atoms with Crippen LogP contribution in [0.25, 0.3) is 0 Å². The number of aromatic nitrogens is 1. The van der Waals surface area contributed by atoms with Gasteiger partial charge in [-0.3, -0.25) is 9.78 Å². The number of aliphatic hydroxyl groups is 2. The third-order valence-electron chi connectivity index (χ3n) is 4.57. The first-order valence-corrected chi connectivity index (χ1v) is 8.24. The van der Waals surface area contributed by atoms with E-state index in [1.807, 2.05) is 30.3 Å². The molecule has 1 aromatic heterocycles. The Bertz CT molecular complexity index is 684. The lowest BCUT2D eigenvalue weighted by atomic mass is 9.75. The molecule has 0 radical (unpaired) electrons. The maximum Gasteiger partial charge on any atom is 0.270 e. The van der Waals surface area contributed by atoms with Gasteiger partial charge in [-0.2, -0.15) is 0 Å². The van der Waals surface area contributed by atoms with Gasteiger partial charge in [-0.05, 0) is 48.4 Å². The number of amides is 1. The van der Waals surface area contributed by atoms with Crippen LogP contribution in [0.3, 0.4) is 0 Å². The summed E-state index contributed by atoms with van der Waals surface area (Å²) in [6, 6.07) is 13.3. The van der Waals surface area contributed by atoms with Crippen LogP contribution >= 0.6 is 0 Å². The molecule has 0 bridgehead atoms. The van der Waals surface area contributed by atoms with Gasteiger partial charge in [0, 0.05) is 12.2 Å². The van der Waals surface area contributed by atoms with Gasteiger partial charge in [0.05, 0.1) is 12.7 Å². The number of hydrogen-bond acceptors (Lipinski definition) is 4. The molecular weight excluding hydrogens is 304 g/mol. The molecule has 5 heteroatoms. The van der Waals surface area contributed by atoms with E-state index in [1.54, 1.807) is 12.1 Å². The Labute approximate surface area is 141 Å². The number of aliphatic hydroxyl groups excluding tert-OH is 2. The molecule has 1 unspecified atom stereocenters. The smallest absolute Gasteiger partial charge is 0.270 e. The normalized spacial score (nSPS) is 20.9. The molecule has 24 heavy (non-hydrogen) atoms. The minimum Gasteiger partial charge on any atom is -0.393 e. The van der Waals surface area contributed by atoms with Crippen molar-refractivity contribution in [3.05, 3.63) is 65.5 Å². The fourth-order valence-electron chi connectivity index (χ4n) is 3.10. The monoisotopic (exact) mass is 326 g/mol. The number of pyridine rings is 1. The number of rotatable bonds is 6. The van der Waals surface area contributed by atoms with E-state index in [1.165, 1.54) is 6.20 Å². The summed E-state index contributed by atoms with van der Waals surface area (Å²) < 4.78 is 0. The van der Waals surface area contributed by atoms with Gasteiger partial charge in [-0.25, -0.2) is 0 Å². The highest BCUT2D eigenvalue weighted by Crippen LogP contribution is 2.31. The van der Waals surface area contributed by atoms with Crippen molar-refractivity contribution >= 4 is 5.91 Å². The second-order valence-electron chi connectivity index (χ2n) is 6.36. The quantitative estimate of drug-likeness (QED) is 0.754. The molecule has 1 saturated carbocycles. The van der Waals surface area contributed by atoms with Crippen LogP contribution in [-0.2, 0) is 13.0 Å².